The molecule has 2 aliphatic rings. The van der Waals surface area contributed by atoms with Crippen molar-refractivity contribution >= 4 is 11.8 Å². The maximum absolute atomic E-state index is 11.1. The standard InChI is InChI=1S/C21H28N2O3S/c1-25-18-4-2-3-16(13-18)20-14-19(26-22-20)15-21(24)7-9-23(10-8-21)17-5-11-27-12-6-17/h2-4,13-14,17,24H,5-12,15H2,1H3. The van der Waals surface area contributed by atoms with E-state index in [1.807, 2.05) is 30.3 Å². The Morgan fingerprint density at radius 3 is 2.78 bits per heavy atom. The van der Waals surface area contributed by atoms with E-state index in [4.69, 9.17) is 9.26 Å². The van der Waals surface area contributed by atoms with Crippen molar-refractivity contribution in [3.63, 3.8) is 0 Å². The Hall–Kier alpha value is -1.50. The van der Waals surface area contributed by atoms with Crippen LogP contribution in [0.15, 0.2) is 34.9 Å². The molecule has 1 N–H and O–H groups in total. The number of likely N-dealkylation sites (tertiary alicyclic amines) is 1. The van der Waals surface area contributed by atoms with E-state index in [1.165, 1.54) is 24.3 Å². The number of rotatable bonds is 5. The lowest BCUT2D eigenvalue weighted by Crippen LogP contribution is -2.50. The van der Waals surface area contributed by atoms with Gasteiger partial charge in [-0.3, -0.25) is 0 Å². The lowest BCUT2D eigenvalue weighted by molar-refractivity contribution is -0.0349. The third kappa shape index (κ3) is 4.50. The average Bonchev–Trinajstić information content (AvgIpc) is 3.17. The molecule has 0 radical (unpaired) electrons. The van der Waals surface area contributed by atoms with Crippen LogP contribution in [0.4, 0.5) is 0 Å². The van der Waals surface area contributed by atoms with E-state index >= 15 is 0 Å². The summed E-state index contributed by atoms with van der Waals surface area (Å²) in [6.07, 6.45) is 4.69. The van der Waals surface area contributed by atoms with Crippen LogP contribution in [-0.2, 0) is 6.42 Å². The summed E-state index contributed by atoms with van der Waals surface area (Å²) in [6, 6.07) is 10.4. The number of thioether (sulfide) groups is 1. The first-order valence-electron chi connectivity index (χ1n) is 9.79. The van der Waals surface area contributed by atoms with E-state index in [9.17, 15) is 5.11 Å². The van der Waals surface area contributed by atoms with Crippen LogP contribution in [-0.4, -0.2) is 58.5 Å². The minimum Gasteiger partial charge on any atom is -0.497 e. The Labute approximate surface area is 165 Å². The van der Waals surface area contributed by atoms with Crippen molar-refractivity contribution in [2.24, 2.45) is 0 Å². The second-order valence-corrected chi connectivity index (χ2v) is 8.92. The molecule has 3 heterocycles. The van der Waals surface area contributed by atoms with E-state index in [-0.39, 0.29) is 0 Å². The topological polar surface area (TPSA) is 58.7 Å². The fourth-order valence-corrected chi connectivity index (χ4v) is 5.25. The van der Waals surface area contributed by atoms with Crippen LogP contribution in [0.1, 0.15) is 31.4 Å². The van der Waals surface area contributed by atoms with E-state index in [0.717, 1.165) is 48.7 Å². The van der Waals surface area contributed by atoms with Gasteiger partial charge in [0, 0.05) is 37.2 Å². The quantitative estimate of drug-likeness (QED) is 0.844. The number of ether oxygens (including phenoxy) is 1. The lowest BCUT2D eigenvalue weighted by atomic mass is 9.86. The van der Waals surface area contributed by atoms with Gasteiger partial charge in [-0.25, -0.2) is 0 Å². The molecular weight excluding hydrogens is 360 g/mol. The number of nitrogens with zero attached hydrogens (tertiary/aromatic N) is 2. The van der Waals surface area contributed by atoms with Crippen LogP contribution >= 0.6 is 11.8 Å². The highest BCUT2D eigenvalue weighted by Crippen LogP contribution is 2.32. The van der Waals surface area contributed by atoms with Crippen LogP contribution in [0.2, 0.25) is 0 Å². The molecule has 0 saturated carbocycles. The van der Waals surface area contributed by atoms with Gasteiger partial charge in [-0.15, -0.1) is 0 Å². The van der Waals surface area contributed by atoms with Crippen LogP contribution < -0.4 is 4.74 Å². The van der Waals surface area contributed by atoms with Gasteiger partial charge in [-0.05, 0) is 49.3 Å². The number of benzene rings is 1. The summed E-state index contributed by atoms with van der Waals surface area (Å²) in [7, 11) is 1.65. The highest BCUT2D eigenvalue weighted by molar-refractivity contribution is 7.99. The predicted octanol–water partition coefficient (Wildman–Crippen LogP) is 3.62. The molecule has 6 heteroatoms. The van der Waals surface area contributed by atoms with Crippen molar-refractivity contribution in [1.29, 1.82) is 0 Å². The number of aliphatic hydroxyl groups is 1. The highest BCUT2D eigenvalue weighted by Gasteiger charge is 2.36. The molecular formula is C21H28N2O3S. The summed E-state index contributed by atoms with van der Waals surface area (Å²) in [4.78, 5) is 2.58. The lowest BCUT2D eigenvalue weighted by Gasteiger charge is -2.42. The second kappa shape index (κ2) is 8.25. The first-order valence-corrected chi connectivity index (χ1v) is 10.9. The average molecular weight is 389 g/mol. The summed E-state index contributed by atoms with van der Waals surface area (Å²) in [6.45, 7) is 1.95. The van der Waals surface area contributed by atoms with Crippen molar-refractivity contribution in [2.75, 3.05) is 31.7 Å². The van der Waals surface area contributed by atoms with Crippen molar-refractivity contribution in [1.82, 2.24) is 10.1 Å². The van der Waals surface area contributed by atoms with Crippen molar-refractivity contribution < 1.29 is 14.4 Å². The summed E-state index contributed by atoms with van der Waals surface area (Å²) in [5.74, 6) is 4.09. The number of piperidine rings is 1. The van der Waals surface area contributed by atoms with Crippen LogP contribution in [0.25, 0.3) is 11.3 Å². The Morgan fingerprint density at radius 1 is 1.26 bits per heavy atom. The highest BCUT2D eigenvalue weighted by atomic mass is 32.2. The number of aromatic nitrogens is 1. The normalized spacial score (nSPS) is 21.3. The second-order valence-electron chi connectivity index (χ2n) is 7.69. The Kier molecular flexibility index (Phi) is 5.76. The number of hydrogen-bond donors (Lipinski definition) is 1. The smallest absolute Gasteiger partial charge is 0.140 e. The molecule has 2 saturated heterocycles. The molecule has 1 aromatic heterocycles. The van der Waals surface area contributed by atoms with Gasteiger partial charge in [0.2, 0.25) is 0 Å². The van der Waals surface area contributed by atoms with Crippen molar-refractivity contribution in [3.8, 4) is 17.0 Å². The van der Waals surface area contributed by atoms with Crippen LogP contribution in [0, 0.1) is 0 Å². The van der Waals surface area contributed by atoms with Gasteiger partial charge in [-0.2, -0.15) is 11.8 Å². The first-order chi connectivity index (χ1) is 13.1. The van der Waals surface area contributed by atoms with E-state index < -0.39 is 5.60 Å². The zero-order valence-electron chi connectivity index (χ0n) is 15.9. The third-order valence-electron chi connectivity index (χ3n) is 5.86. The summed E-state index contributed by atoms with van der Waals surface area (Å²) >= 11 is 2.06. The summed E-state index contributed by atoms with van der Waals surface area (Å²) in [5.41, 5.74) is 1.05. The molecule has 5 nitrogen and oxygen atoms in total. The molecule has 0 amide bonds. The van der Waals surface area contributed by atoms with Gasteiger partial charge in [0.1, 0.15) is 17.2 Å². The van der Waals surface area contributed by atoms with Gasteiger partial charge in [0.15, 0.2) is 0 Å². The van der Waals surface area contributed by atoms with Gasteiger partial charge in [0.05, 0.1) is 12.7 Å². The monoisotopic (exact) mass is 388 g/mol. The zero-order valence-corrected chi connectivity index (χ0v) is 16.7. The molecule has 0 bridgehead atoms. The molecule has 1 aromatic carbocycles. The van der Waals surface area contributed by atoms with Gasteiger partial charge in [-0.1, -0.05) is 17.3 Å². The molecule has 0 spiro atoms. The molecule has 4 rings (SSSR count). The largest absolute Gasteiger partial charge is 0.497 e. The zero-order chi connectivity index (χ0) is 18.7. The van der Waals surface area contributed by atoms with Crippen LogP contribution in [0.3, 0.4) is 0 Å². The number of methoxy groups -OCH3 is 1. The Bertz CT molecular complexity index is 749. The SMILES string of the molecule is COc1cccc(-c2cc(CC3(O)CCN(C4CCSCC4)CC3)on2)c1. The van der Waals surface area contributed by atoms with Gasteiger partial charge < -0.3 is 19.3 Å². The fraction of sp³-hybridized carbons (Fsp3) is 0.571. The molecule has 2 aromatic rings. The first kappa shape index (κ1) is 18.8. The van der Waals surface area contributed by atoms with E-state index in [2.05, 4.69) is 21.8 Å². The predicted molar refractivity (Wildman–Crippen MR) is 108 cm³/mol. The number of hydrogen-bond acceptors (Lipinski definition) is 6. The minimum absolute atomic E-state index is 0.526. The van der Waals surface area contributed by atoms with Crippen molar-refractivity contribution in [3.05, 3.63) is 36.1 Å². The maximum atomic E-state index is 11.1. The molecule has 146 valence electrons. The summed E-state index contributed by atoms with van der Waals surface area (Å²) in [5, 5.41) is 15.3. The molecule has 0 aliphatic carbocycles. The third-order valence-corrected chi connectivity index (χ3v) is 6.91. The molecule has 2 aliphatic heterocycles. The summed E-state index contributed by atoms with van der Waals surface area (Å²) < 4.78 is 10.8. The molecule has 0 unspecified atom stereocenters. The van der Waals surface area contributed by atoms with E-state index in [0.29, 0.717) is 12.5 Å². The molecule has 2 fully saturated rings. The fourth-order valence-electron chi connectivity index (χ4n) is 4.17. The van der Waals surface area contributed by atoms with Crippen molar-refractivity contribution in [2.45, 2.75) is 43.7 Å². The Morgan fingerprint density at radius 2 is 2.04 bits per heavy atom. The van der Waals surface area contributed by atoms with Crippen LogP contribution in [0.5, 0.6) is 5.75 Å². The van der Waals surface area contributed by atoms with Gasteiger partial charge >= 0.3 is 0 Å². The molecule has 0 atom stereocenters. The minimum atomic E-state index is -0.689. The maximum Gasteiger partial charge on any atom is 0.140 e. The molecule has 27 heavy (non-hydrogen) atoms. The van der Waals surface area contributed by atoms with Gasteiger partial charge in [0.25, 0.3) is 0 Å². The van der Waals surface area contributed by atoms with E-state index in [1.54, 1.807) is 7.11 Å². The Balaban J connectivity index is 1.37.